The Balaban J connectivity index is 1.44. The average Bonchev–Trinajstić information content (AvgIpc) is 3.36. The molecule has 180 valence electrons. The molecule has 1 spiro atoms. The van der Waals surface area contributed by atoms with Gasteiger partial charge in [-0.2, -0.15) is 0 Å². The van der Waals surface area contributed by atoms with Gasteiger partial charge >= 0.3 is 5.97 Å². The van der Waals surface area contributed by atoms with Gasteiger partial charge in [-0.3, -0.25) is 14.4 Å². The topological polar surface area (TPSA) is 73.0 Å². The minimum absolute atomic E-state index is 0.0198. The van der Waals surface area contributed by atoms with Gasteiger partial charge in [-0.1, -0.05) is 19.9 Å². The van der Waals surface area contributed by atoms with Crippen LogP contribution in [0, 0.1) is 39.9 Å². The number of hydrogen-bond donors (Lipinski definition) is 0. The number of ketones is 2. The van der Waals surface area contributed by atoms with Crippen molar-refractivity contribution in [2.24, 2.45) is 39.9 Å². The summed E-state index contributed by atoms with van der Waals surface area (Å²) in [6.07, 6.45) is 5.49. The van der Waals surface area contributed by atoms with Crippen LogP contribution in [0.25, 0.3) is 0 Å². The molecule has 5 aliphatic rings. The zero-order valence-electron chi connectivity index (χ0n) is 20.4. The van der Waals surface area contributed by atoms with Crippen molar-refractivity contribution in [3.63, 3.8) is 0 Å². The van der Waals surface area contributed by atoms with Crippen LogP contribution < -0.4 is 0 Å². The predicted octanol–water partition coefficient (Wildman–Crippen LogP) is 4.39. The standard InChI is InChI=1S/C27H35FO5/c1-14-9-16-17-11-19(28)18-10-15(29)7-8-26(18,6)27(17)21(33-27)12-25(16,5)22(14)20(30)13-32-23(31)24(2,3)4/h7-8,10,14,16-17,19,21-22H,9,11-13H2,1-6H3/t14-,16+,17+,19+,21+,22-,25+,26+,27-/m1/s1. The average molecular weight is 459 g/mol. The van der Waals surface area contributed by atoms with E-state index in [-0.39, 0.29) is 59.3 Å². The number of esters is 1. The van der Waals surface area contributed by atoms with Crippen molar-refractivity contribution in [3.8, 4) is 0 Å². The molecule has 1 aliphatic heterocycles. The van der Waals surface area contributed by atoms with Crippen LogP contribution in [-0.2, 0) is 23.9 Å². The Morgan fingerprint density at radius 2 is 1.91 bits per heavy atom. The number of alkyl halides is 1. The summed E-state index contributed by atoms with van der Waals surface area (Å²) >= 11 is 0. The molecule has 4 aliphatic carbocycles. The first-order valence-corrected chi connectivity index (χ1v) is 12.2. The van der Waals surface area contributed by atoms with Crippen LogP contribution in [0.5, 0.6) is 0 Å². The SMILES string of the molecule is C[C@@H]1C[C@H]2[C@@H]3C[C@H](F)C4=CC(=O)C=C[C@]4(C)[C@@]34O[C@H]4C[C@]2(C)[C@H]1C(=O)COC(=O)C(C)(C)C. The molecule has 0 N–H and O–H groups in total. The van der Waals surface area contributed by atoms with Crippen molar-refractivity contribution < 1.29 is 28.2 Å². The van der Waals surface area contributed by atoms with Crippen LogP contribution >= 0.6 is 0 Å². The van der Waals surface area contributed by atoms with Gasteiger partial charge in [0.05, 0.1) is 11.5 Å². The van der Waals surface area contributed by atoms with Crippen LogP contribution in [-0.4, -0.2) is 42.0 Å². The van der Waals surface area contributed by atoms with Gasteiger partial charge in [0.1, 0.15) is 18.4 Å². The molecule has 0 amide bonds. The minimum atomic E-state index is -1.19. The quantitative estimate of drug-likeness (QED) is 0.463. The fourth-order valence-corrected chi connectivity index (χ4v) is 8.14. The number of rotatable bonds is 3. The van der Waals surface area contributed by atoms with Gasteiger partial charge in [-0.25, -0.2) is 4.39 Å². The molecule has 0 aromatic heterocycles. The maximum Gasteiger partial charge on any atom is 0.311 e. The number of allylic oxidation sites excluding steroid dienone is 2. The Kier molecular flexibility index (Phi) is 4.77. The highest BCUT2D eigenvalue weighted by molar-refractivity contribution is 6.01. The summed E-state index contributed by atoms with van der Waals surface area (Å²) in [4.78, 5) is 37.6. The van der Waals surface area contributed by atoms with E-state index in [1.165, 1.54) is 6.08 Å². The largest absolute Gasteiger partial charge is 0.457 e. The Morgan fingerprint density at radius 1 is 1.21 bits per heavy atom. The summed E-state index contributed by atoms with van der Waals surface area (Å²) in [5, 5.41) is 0. The highest BCUT2D eigenvalue weighted by Gasteiger charge is 2.80. The van der Waals surface area contributed by atoms with E-state index in [1.807, 2.05) is 13.0 Å². The Hall–Kier alpha value is -1.82. The monoisotopic (exact) mass is 458 g/mol. The van der Waals surface area contributed by atoms with E-state index in [1.54, 1.807) is 26.8 Å². The fraction of sp³-hybridized carbons (Fsp3) is 0.741. The third-order valence-electron chi connectivity index (χ3n) is 9.57. The molecule has 0 unspecified atom stereocenters. The van der Waals surface area contributed by atoms with Gasteiger partial charge in [0.15, 0.2) is 11.6 Å². The molecule has 3 saturated carbocycles. The van der Waals surface area contributed by atoms with E-state index in [9.17, 15) is 14.4 Å². The number of hydrogen-bond acceptors (Lipinski definition) is 5. The molecule has 0 bridgehead atoms. The molecule has 4 fully saturated rings. The first-order valence-electron chi connectivity index (χ1n) is 12.2. The van der Waals surface area contributed by atoms with Crippen molar-refractivity contribution >= 4 is 17.5 Å². The van der Waals surface area contributed by atoms with Gasteiger partial charge in [-0.15, -0.1) is 0 Å². The van der Waals surface area contributed by atoms with Gasteiger partial charge in [0, 0.05) is 11.3 Å². The van der Waals surface area contributed by atoms with E-state index in [4.69, 9.17) is 9.47 Å². The lowest BCUT2D eigenvalue weighted by atomic mass is 9.47. The summed E-state index contributed by atoms with van der Waals surface area (Å²) < 4.78 is 27.4. The lowest BCUT2D eigenvalue weighted by molar-refractivity contribution is -0.158. The fourth-order valence-electron chi connectivity index (χ4n) is 8.14. The van der Waals surface area contributed by atoms with Crippen molar-refractivity contribution in [1.82, 2.24) is 0 Å². The van der Waals surface area contributed by atoms with Crippen LogP contribution in [0.2, 0.25) is 0 Å². The molecule has 0 aromatic rings. The number of ether oxygens (including phenoxy) is 2. The molecule has 0 aromatic carbocycles. The minimum Gasteiger partial charge on any atom is -0.457 e. The summed E-state index contributed by atoms with van der Waals surface area (Å²) in [6, 6.07) is 0. The van der Waals surface area contributed by atoms with Gasteiger partial charge < -0.3 is 9.47 Å². The molecule has 1 heterocycles. The zero-order valence-corrected chi connectivity index (χ0v) is 20.4. The van der Waals surface area contributed by atoms with Crippen molar-refractivity contribution in [1.29, 1.82) is 0 Å². The molecule has 0 radical (unpaired) electrons. The summed E-state index contributed by atoms with van der Waals surface area (Å²) in [5.74, 6) is -0.585. The van der Waals surface area contributed by atoms with E-state index in [0.717, 1.165) is 12.8 Å². The number of halogens is 1. The van der Waals surface area contributed by atoms with Crippen LogP contribution in [0.15, 0.2) is 23.8 Å². The first kappa shape index (κ1) is 22.9. The Labute approximate surface area is 195 Å². The van der Waals surface area contributed by atoms with E-state index in [2.05, 4.69) is 13.8 Å². The predicted molar refractivity (Wildman–Crippen MR) is 120 cm³/mol. The first-order chi connectivity index (χ1) is 15.3. The molecule has 9 atom stereocenters. The summed E-state index contributed by atoms with van der Waals surface area (Å²) in [7, 11) is 0. The lowest BCUT2D eigenvalue weighted by Gasteiger charge is -2.55. The van der Waals surface area contributed by atoms with Crippen molar-refractivity contribution in [2.75, 3.05) is 6.61 Å². The normalized spacial score (nSPS) is 47.6. The number of epoxide rings is 1. The molecule has 1 saturated heterocycles. The number of carbonyl (C=O) groups excluding carboxylic acids is 3. The van der Waals surface area contributed by atoms with Gasteiger partial charge in [0.25, 0.3) is 0 Å². The highest BCUT2D eigenvalue weighted by Crippen LogP contribution is 2.76. The summed E-state index contributed by atoms with van der Waals surface area (Å²) in [6.45, 7) is 11.4. The molecular formula is C27H35FO5. The van der Waals surface area contributed by atoms with Crippen LogP contribution in [0.3, 0.4) is 0 Å². The maximum absolute atomic E-state index is 15.5. The number of carbonyl (C=O) groups is 3. The second kappa shape index (κ2) is 6.87. The molecule has 6 heteroatoms. The second-order valence-corrected chi connectivity index (χ2v) is 12.5. The van der Waals surface area contributed by atoms with Gasteiger partial charge in [0.2, 0.25) is 0 Å². The van der Waals surface area contributed by atoms with E-state index >= 15 is 4.39 Å². The maximum atomic E-state index is 15.5. The lowest BCUT2D eigenvalue weighted by Crippen LogP contribution is -2.59. The third kappa shape index (κ3) is 2.95. The zero-order chi connectivity index (χ0) is 24.1. The van der Waals surface area contributed by atoms with Crippen LogP contribution in [0.4, 0.5) is 4.39 Å². The smallest absolute Gasteiger partial charge is 0.311 e. The van der Waals surface area contributed by atoms with Crippen LogP contribution in [0.1, 0.15) is 60.8 Å². The molecule has 33 heavy (non-hydrogen) atoms. The molecule has 5 nitrogen and oxygen atoms in total. The molecule has 5 rings (SSSR count). The summed E-state index contributed by atoms with van der Waals surface area (Å²) in [5.41, 5.74) is -1.58. The highest BCUT2D eigenvalue weighted by atomic mass is 19.1. The van der Waals surface area contributed by atoms with Crippen molar-refractivity contribution in [2.45, 2.75) is 78.7 Å². The van der Waals surface area contributed by atoms with E-state index in [0.29, 0.717) is 12.0 Å². The Morgan fingerprint density at radius 3 is 2.58 bits per heavy atom. The van der Waals surface area contributed by atoms with Gasteiger partial charge in [-0.05, 0) is 87.9 Å². The molecular weight excluding hydrogens is 423 g/mol. The second-order valence-electron chi connectivity index (χ2n) is 12.5. The van der Waals surface area contributed by atoms with E-state index < -0.39 is 22.6 Å². The van der Waals surface area contributed by atoms with Crippen molar-refractivity contribution in [3.05, 3.63) is 23.8 Å². The number of fused-ring (bicyclic) bond motifs is 3. The Bertz CT molecular complexity index is 991. The number of Topliss-reactive ketones (excluding diaryl/α,β-unsaturated/α-hetero) is 1. The third-order valence-corrected chi connectivity index (χ3v) is 9.57.